The maximum absolute atomic E-state index is 13.7. The van der Waals surface area contributed by atoms with E-state index in [1.165, 1.54) is 12.1 Å². The number of rotatable bonds is 2. The summed E-state index contributed by atoms with van der Waals surface area (Å²) in [4.78, 5) is 12.1. The van der Waals surface area contributed by atoms with Gasteiger partial charge in [-0.05, 0) is 43.5 Å². The smallest absolute Gasteiger partial charge is 0.241 e. The Morgan fingerprint density at radius 3 is 3.00 bits per heavy atom. The molecule has 100 valence electrons. The lowest BCUT2D eigenvalue weighted by atomic mass is 9.92. The SMILES string of the molecule is CC1CCCNC1C(=O)Nc1ccc(C#N)cc1F. The van der Waals surface area contributed by atoms with Crippen LogP contribution in [-0.4, -0.2) is 18.5 Å². The predicted octanol–water partition coefficient (Wildman–Crippen LogP) is 2.02. The van der Waals surface area contributed by atoms with Crippen LogP contribution in [0.5, 0.6) is 0 Å². The summed E-state index contributed by atoms with van der Waals surface area (Å²) in [7, 11) is 0. The molecule has 0 saturated carbocycles. The number of piperidine rings is 1. The number of nitrogens with zero attached hydrogens (tertiary/aromatic N) is 1. The highest BCUT2D eigenvalue weighted by atomic mass is 19.1. The minimum Gasteiger partial charge on any atom is -0.322 e. The molecule has 4 nitrogen and oxygen atoms in total. The monoisotopic (exact) mass is 261 g/mol. The van der Waals surface area contributed by atoms with Crippen molar-refractivity contribution in [3.63, 3.8) is 0 Å². The van der Waals surface area contributed by atoms with E-state index in [-0.39, 0.29) is 29.1 Å². The summed E-state index contributed by atoms with van der Waals surface area (Å²) in [6.45, 7) is 2.81. The Balaban J connectivity index is 2.08. The molecule has 2 rings (SSSR count). The first-order valence-electron chi connectivity index (χ1n) is 6.35. The average Bonchev–Trinajstić information content (AvgIpc) is 2.41. The van der Waals surface area contributed by atoms with Crippen molar-refractivity contribution in [2.24, 2.45) is 5.92 Å². The molecule has 0 aliphatic carbocycles. The van der Waals surface area contributed by atoms with Crippen molar-refractivity contribution in [1.29, 1.82) is 5.26 Å². The first kappa shape index (κ1) is 13.5. The number of hydrogen-bond acceptors (Lipinski definition) is 3. The molecule has 1 aliphatic heterocycles. The largest absolute Gasteiger partial charge is 0.322 e. The lowest BCUT2D eigenvalue weighted by molar-refractivity contribution is -0.119. The van der Waals surface area contributed by atoms with Gasteiger partial charge < -0.3 is 10.6 Å². The number of hydrogen-bond donors (Lipinski definition) is 2. The number of anilines is 1. The molecular weight excluding hydrogens is 245 g/mol. The van der Waals surface area contributed by atoms with E-state index < -0.39 is 5.82 Å². The van der Waals surface area contributed by atoms with Crippen LogP contribution in [0.2, 0.25) is 0 Å². The van der Waals surface area contributed by atoms with E-state index in [1.807, 2.05) is 13.0 Å². The van der Waals surface area contributed by atoms with Gasteiger partial charge in [0.2, 0.25) is 5.91 Å². The minimum absolute atomic E-state index is 0.114. The lowest BCUT2D eigenvalue weighted by Gasteiger charge is -2.28. The number of carbonyl (C=O) groups is 1. The molecule has 2 N–H and O–H groups in total. The molecule has 1 heterocycles. The number of nitrogens with one attached hydrogen (secondary N) is 2. The first-order chi connectivity index (χ1) is 9.11. The fraction of sp³-hybridized carbons (Fsp3) is 0.429. The highest BCUT2D eigenvalue weighted by Gasteiger charge is 2.27. The van der Waals surface area contributed by atoms with Crippen molar-refractivity contribution in [3.05, 3.63) is 29.6 Å². The van der Waals surface area contributed by atoms with Crippen LogP contribution in [0.3, 0.4) is 0 Å². The number of halogens is 1. The van der Waals surface area contributed by atoms with Gasteiger partial charge in [0.25, 0.3) is 0 Å². The second kappa shape index (κ2) is 5.81. The van der Waals surface area contributed by atoms with E-state index in [1.54, 1.807) is 0 Å². The van der Waals surface area contributed by atoms with Crippen molar-refractivity contribution in [1.82, 2.24) is 5.32 Å². The molecule has 5 heteroatoms. The highest BCUT2D eigenvalue weighted by molar-refractivity contribution is 5.95. The van der Waals surface area contributed by atoms with Gasteiger partial charge in [-0.2, -0.15) is 5.26 Å². The van der Waals surface area contributed by atoms with Crippen LogP contribution in [0.15, 0.2) is 18.2 Å². The van der Waals surface area contributed by atoms with Gasteiger partial charge in [-0.3, -0.25) is 4.79 Å². The molecule has 1 aromatic carbocycles. The minimum atomic E-state index is -0.587. The fourth-order valence-electron chi connectivity index (χ4n) is 2.30. The van der Waals surface area contributed by atoms with Gasteiger partial charge in [-0.1, -0.05) is 6.92 Å². The van der Waals surface area contributed by atoms with Crippen LogP contribution >= 0.6 is 0 Å². The fourth-order valence-corrected chi connectivity index (χ4v) is 2.30. The van der Waals surface area contributed by atoms with Crippen LogP contribution in [0.1, 0.15) is 25.3 Å². The van der Waals surface area contributed by atoms with Gasteiger partial charge in [-0.25, -0.2) is 4.39 Å². The summed E-state index contributed by atoms with van der Waals surface area (Å²) in [6.07, 6.45) is 2.04. The number of benzene rings is 1. The van der Waals surface area contributed by atoms with Gasteiger partial charge in [0.05, 0.1) is 23.4 Å². The van der Waals surface area contributed by atoms with Crippen LogP contribution in [0.25, 0.3) is 0 Å². The molecule has 0 aromatic heterocycles. The third kappa shape index (κ3) is 3.09. The molecule has 19 heavy (non-hydrogen) atoms. The number of amides is 1. The van der Waals surface area contributed by atoms with E-state index in [0.717, 1.165) is 25.5 Å². The predicted molar refractivity (Wildman–Crippen MR) is 69.9 cm³/mol. The standard InChI is InChI=1S/C14H16FN3O/c1-9-3-2-6-17-13(9)14(19)18-12-5-4-10(8-16)7-11(12)15/h4-5,7,9,13,17H,2-3,6H2,1H3,(H,18,19). The zero-order chi connectivity index (χ0) is 13.8. The number of carbonyl (C=O) groups excluding carboxylic acids is 1. The topological polar surface area (TPSA) is 64.9 Å². The molecule has 2 unspecified atom stereocenters. The molecule has 1 aromatic rings. The Morgan fingerprint density at radius 1 is 1.58 bits per heavy atom. The first-order valence-corrected chi connectivity index (χ1v) is 6.35. The van der Waals surface area contributed by atoms with Crippen LogP contribution < -0.4 is 10.6 Å². The average molecular weight is 261 g/mol. The Labute approximate surface area is 111 Å². The van der Waals surface area contributed by atoms with Gasteiger partial charge in [0.15, 0.2) is 0 Å². The van der Waals surface area contributed by atoms with Crippen molar-refractivity contribution < 1.29 is 9.18 Å². The lowest BCUT2D eigenvalue weighted by Crippen LogP contribution is -2.48. The van der Waals surface area contributed by atoms with E-state index in [4.69, 9.17) is 5.26 Å². The Bertz CT molecular complexity index is 524. The summed E-state index contributed by atoms with van der Waals surface area (Å²) >= 11 is 0. The zero-order valence-electron chi connectivity index (χ0n) is 10.7. The second-order valence-corrected chi connectivity index (χ2v) is 4.85. The summed E-state index contributed by atoms with van der Waals surface area (Å²) in [5.41, 5.74) is 0.350. The summed E-state index contributed by atoms with van der Waals surface area (Å²) in [6, 6.07) is 5.58. The Hall–Kier alpha value is -1.93. The van der Waals surface area contributed by atoms with Gasteiger partial charge in [0, 0.05) is 0 Å². The van der Waals surface area contributed by atoms with E-state index in [9.17, 15) is 9.18 Å². The van der Waals surface area contributed by atoms with Crippen molar-refractivity contribution in [3.8, 4) is 6.07 Å². The molecule has 1 saturated heterocycles. The maximum atomic E-state index is 13.7. The van der Waals surface area contributed by atoms with Crippen molar-refractivity contribution in [2.75, 3.05) is 11.9 Å². The van der Waals surface area contributed by atoms with Gasteiger partial charge in [-0.15, -0.1) is 0 Å². The molecule has 0 spiro atoms. The van der Waals surface area contributed by atoms with E-state index >= 15 is 0 Å². The van der Waals surface area contributed by atoms with Gasteiger partial charge in [0.1, 0.15) is 5.82 Å². The van der Waals surface area contributed by atoms with E-state index in [2.05, 4.69) is 10.6 Å². The normalized spacial score (nSPS) is 22.6. The van der Waals surface area contributed by atoms with Gasteiger partial charge >= 0.3 is 0 Å². The molecule has 2 atom stereocenters. The van der Waals surface area contributed by atoms with E-state index in [0.29, 0.717) is 0 Å². The molecule has 1 aliphatic rings. The van der Waals surface area contributed by atoms with Crippen LogP contribution in [-0.2, 0) is 4.79 Å². The third-order valence-electron chi connectivity index (χ3n) is 3.41. The molecular formula is C14H16FN3O. The maximum Gasteiger partial charge on any atom is 0.241 e. The quantitative estimate of drug-likeness (QED) is 0.856. The van der Waals surface area contributed by atoms with Crippen molar-refractivity contribution in [2.45, 2.75) is 25.8 Å². The molecule has 1 fully saturated rings. The highest BCUT2D eigenvalue weighted by Crippen LogP contribution is 2.19. The molecule has 1 amide bonds. The second-order valence-electron chi connectivity index (χ2n) is 4.85. The Morgan fingerprint density at radius 2 is 2.37 bits per heavy atom. The third-order valence-corrected chi connectivity index (χ3v) is 3.41. The molecule has 0 bridgehead atoms. The summed E-state index contributed by atoms with van der Waals surface area (Å²) < 4.78 is 13.7. The Kier molecular flexibility index (Phi) is 4.13. The zero-order valence-corrected chi connectivity index (χ0v) is 10.7. The molecule has 0 radical (unpaired) electrons. The summed E-state index contributed by atoms with van der Waals surface area (Å²) in [5, 5.41) is 14.4. The van der Waals surface area contributed by atoms with Crippen LogP contribution in [0.4, 0.5) is 10.1 Å². The number of nitriles is 1. The van der Waals surface area contributed by atoms with Crippen molar-refractivity contribution >= 4 is 11.6 Å². The summed E-state index contributed by atoms with van der Waals surface area (Å²) in [5.74, 6) is -0.582. The van der Waals surface area contributed by atoms with Crippen LogP contribution in [0, 0.1) is 23.1 Å².